The number of hydrogen-bond donors (Lipinski definition) is 1. The van der Waals surface area contributed by atoms with E-state index in [4.69, 9.17) is 5.11 Å². The fourth-order valence-electron chi connectivity index (χ4n) is 2.27. The summed E-state index contributed by atoms with van der Waals surface area (Å²) in [6.45, 7) is 0.710. The summed E-state index contributed by atoms with van der Waals surface area (Å²) in [6.07, 6.45) is 0.622. The Labute approximate surface area is 114 Å². The van der Waals surface area contributed by atoms with E-state index in [0.717, 1.165) is 6.07 Å². The van der Waals surface area contributed by atoms with Crippen LogP contribution in [-0.2, 0) is 9.84 Å². The van der Waals surface area contributed by atoms with Crippen molar-refractivity contribution >= 4 is 15.5 Å². The van der Waals surface area contributed by atoms with Gasteiger partial charge in [0.15, 0.2) is 0 Å². The lowest BCUT2D eigenvalue weighted by Crippen LogP contribution is -2.28. The molecular formula is C12H14F3NO3S. The van der Waals surface area contributed by atoms with Crippen LogP contribution in [-0.4, -0.2) is 38.7 Å². The molecule has 4 nitrogen and oxygen atoms in total. The van der Waals surface area contributed by atoms with Crippen LogP contribution in [0.3, 0.4) is 0 Å². The van der Waals surface area contributed by atoms with E-state index >= 15 is 0 Å². The molecule has 1 unspecified atom stereocenters. The minimum atomic E-state index is -5.37. The first kappa shape index (κ1) is 15.1. The summed E-state index contributed by atoms with van der Waals surface area (Å²) in [5.41, 5.74) is -5.28. The second-order valence-corrected chi connectivity index (χ2v) is 6.61. The molecule has 1 aromatic rings. The molecule has 0 amide bonds. The van der Waals surface area contributed by atoms with E-state index in [1.807, 2.05) is 0 Å². The van der Waals surface area contributed by atoms with Crippen molar-refractivity contribution in [3.8, 4) is 0 Å². The van der Waals surface area contributed by atoms with Gasteiger partial charge in [0.2, 0.25) is 0 Å². The number of anilines is 1. The molecule has 20 heavy (non-hydrogen) atoms. The molecule has 1 aromatic carbocycles. The van der Waals surface area contributed by atoms with E-state index in [1.54, 1.807) is 4.90 Å². The minimum absolute atomic E-state index is 0.0424. The third kappa shape index (κ3) is 2.62. The molecule has 0 spiro atoms. The van der Waals surface area contributed by atoms with Crippen molar-refractivity contribution in [2.45, 2.75) is 16.8 Å². The van der Waals surface area contributed by atoms with E-state index in [9.17, 15) is 21.6 Å². The molecule has 8 heteroatoms. The van der Waals surface area contributed by atoms with E-state index in [0.29, 0.717) is 19.5 Å². The molecule has 0 aromatic heterocycles. The number of rotatable bonds is 3. The van der Waals surface area contributed by atoms with Gasteiger partial charge in [0.25, 0.3) is 9.84 Å². The van der Waals surface area contributed by atoms with Crippen molar-refractivity contribution in [3.63, 3.8) is 0 Å². The Morgan fingerprint density at radius 1 is 1.30 bits per heavy atom. The Kier molecular flexibility index (Phi) is 3.97. The average molecular weight is 309 g/mol. The number of aliphatic hydroxyl groups is 1. The van der Waals surface area contributed by atoms with Gasteiger partial charge in [-0.15, -0.1) is 0 Å². The maximum atomic E-state index is 12.7. The molecule has 1 heterocycles. The summed E-state index contributed by atoms with van der Waals surface area (Å²) in [6, 6.07) is 5.08. The SMILES string of the molecule is O=S(=O)(c1ccccc1N1CCC(CO)C1)C(F)(F)F. The standard InChI is InChI=1S/C12H14F3NO3S/c13-12(14,15)20(18,19)11-4-2-1-3-10(11)16-6-5-9(7-16)8-17/h1-4,9,17H,5-8H2. The zero-order valence-electron chi connectivity index (χ0n) is 10.5. The number of hydrogen-bond acceptors (Lipinski definition) is 4. The lowest BCUT2D eigenvalue weighted by molar-refractivity contribution is -0.0435. The quantitative estimate of drug-likeness (QED) is 0.925. The number of alkyl halides is 3. The van der Waals surface area contributed by atoms with Crippen molar-refractivity contribution in [1.29, 1.82) is 0 Å². The molecular weight excluding hydrogens is 295 g/mol. The predicted molar refractivity (Wildman–Crippen MR) is 67.1 cm³/mol. The molecule has 1 saturated heterocycles. The topological polar surface area (TPSA) is 57.6 Å². The molecule has 112 valence electrons. The van der Waals surface area contributed by atoms with Crippen LogP contribution in [0.25, 0.3) is 0 Å². The van der Waals surface area contributed by atoms with E-state index in [-0.39, 0.29) is 18.2 Å². The highest BCUT2D eigenvalue weighted by molar-refractivity contribution is 7.92. The van der Waals surface area contributed by atoms with Crippen molar-refractivity contribution in [2.24, 2.45) is 5.92 Å². The summed E-state index contributed by atoms with van der Waals surface area (Å²) >= 11 is 0. The predicted octanol–water partition coefficient (Wildman–Crippen LogP) is 1.80. The molecule has 0 radical (unpaired) electrons. The van der Waals surface area contributed by atoms with Gasteiger partial charge in [-0.1, -0.05) is 12.1 Å². The first-order valence-corrected chi connectivity index (χ1v) is 7.52. The van der Waals surface area contributed by atoms with Crippen molar-refractivity contribution in [1.82, 2.24) is 0 Å². The van der Waals surface area contributed by atoms with Crippen LogP contribution in [0.1, 0.15) is 6.42 Å². The van der Waals surface area contributed by atoms with Gasteiger partial charge in [-0.05, 0) is 18.6 Å². The Morgan fingerprint density at radius 3 is 2.50 bits per heavy atom. The van der Waals surface area contributed by atoms with E-state index in [2.05, 4.69) is 0 Å². The Balaban J connectivity index is 2.43. The van der Waals surface area contributed by atoms with Gasteiger partial charge in [0, 0.05) is 25.6 Å². The third-order valence-corrected chi connectivity index (χ3v) is 4.88. The van der Waals surface area contributed by atoms with Gasteiger partial charge in [-0.25, -0.2) is 8.42 Å². The number of sulfone groups is 1. The first-order valence-electron chi connectivity index (χ1n) is 6.03. The third-order valence-electron chi connectivity index (χ3n) is 3.34. The maximum absolute atomic E-state index is 12.7. The first-order chi connectivity index (χ1) is 9.27. The summed E-state index contributed by atoms with van der Waals surface area (Å²) in [5, 5.41) is 9.06. The number of nitrogens with zero attached hydrogens (tertiary/aromatic N) is 1. The molecule has 1 N–H and O–H groups in total. The molecule has 0 saturated carbocycles. The van der Waals surface area contributed by atoms with Crippen molar-refractivity contribution in [2.75, 3.05) is 24.6 Å². The fourth-order valence-corrected chi connectivity index (χ4v) is 3.25. The molecule has 1 aliphatic rings. The number of aliphatic hydroxyl groups excluding tert-OH is 1. The summed E-state index contributed by atoms with van der Waals surface area (Å²) in [7, 11) is -5.37. The Morgan fingerprint density at radius 2 is 1.95 bits per heavy atom. The Bertz CT molecular complexity index is 586. The fraction of sp³-hybridized carbons (Fsp3) is 0.500. The lowest BCUT2D eigenvalue weighted by Gasteiger charge is -2.22. The maximum Gasteiger partial charge on any atom is 0.501 e. The number of para-hydroxylation sites is 1. The Hall–Kier alpha value is -1.28. The smallest absolute Gasteiger partial charge is 0.396 e. The van der Waals surface area contributed by atoms with Crippen LogP contribution in [0.2, 0.25) is 0 Å². The minimum Gasteiger partial charge on any atom is -0.396 e. The molecule has 1 atom stereocenters. The van der Waals surface area contributed by atoms with Gasteiger partial charge < -0.3 is 10.0 Å². The van der Waals surface area contributed by atoms with Gasteiger partial charge in [-0.3, -0.25) is 0 Å². The zero-order valence-corrected chi connectivity index (χ0v) is 11.3. The van der Waals surface area contributed by atoms with Crippen LogP contribution < -0.4 is 4.90 Å². The highest BCUT2D eigenvalue weighted by atomic mass is 32.2. The molecule has 0 bridgehead atoms. The second-order valence-electron chi connectivity index (χ2n) is 4.70. The summed E-state index contributed by atoms with van der Waals surface area (Å²) in [5.74, 6) is -0.0448. The van der Waals surface area contributed by atoms with Crippen LogP contribution in [0.4, 0.5) is 18.9 Å². The number of benzene rings is 1. The van der Waals surface area contributed by atoms with E-state index in [1.165, 1.54) is 18.2 Å². The molecule has 1 aliphatic heterocycles. The monoisotopic (exact) mass is 309 g/mol. The van der Waals surface area contributed by atoms with Gasteiger partial charge in [0.05, 0.1) is 10.6 Å². The van der Waals surface area contributed by atoms with Crippen LogP contribution in [0.5, 0.6) is 0 Å². The number of halogens is 3. The largest absolute Gasteiger partial charge is 0.501 e. The van der Waals surface area contributed by atoms with Crippen LogP contribution in [0.15, 0.2) is 29.2 Å². The molecule has 2 rings (SSSR count). The van der Waals surface area contributed by atoms with Crippen molar-refractivity contribution in [3.05, 3.63) is 24.3 Å². The highest BCUT2D eigenvalue weighted by Gasteiger charge is 2.48. The zero-order chi connectivity index (χ0) is 15.0. The van der Waals surface area contributed by atoms with Crippen LogP contribution >= 0.6 is 0 Å². The van der Waals surface area contributed by atoms with Gasteiger partial charge in [0.1, 0.15) is 0 Å². The second kappa shape index (κ2) is 5.25. The van der Waals surface area contributed by atoms with Crippen LogP contribution in [0, 0.1) is 5.92 Å². The van der Waals surface area contributed by atoms with Crippen molar-refractivity contribution < 1.29 is 26.7 Å². The van der Waals surface area contributed by atoms with E-state index < -0.39 is 20.2 Å². The average Bonchev–Trinajstić information content (AvgIpc) is 2.86. The van der Waals surface area contributed by atoms with Gasteiger partial charge >= 0.3 is 5.51 Å². The van der Waals surface area contributed by atoms with Gasteiger partial charge in [-0.2, -0.15) is 13.2 Å². The summed E-state index contributed by atoms with van der Waals surface area (Å²) < 4.78 is 61.2. The molecule has 0 aliphatic carbocycles. The lowest BCUT2D eigenvalue weighted by atomic mass is 10.1. The summed E-state index contributed by atoms with van der Waals surface area (Å²) in [4.78, 5) is 0.838. The normalized spacial score (nSPS) is 20.4. The molecule has 1 fully saturated rings. The highest BCUT2D eigenvalue weighted by Crippen LogP contribution is 2.37.